The Bertz CT molecular complexity index is 690. The molecule has 1 aromatic heterocycles. The zero-order valence-corrected chi connectivity index (χ0v) is 15.1. The summed E-state index contributed by atoms with van der Waals surface area (Å²) in [6.07, 6.45) is 2.44. The predicted molar refractivity (Wildman–Crippen MR) is 97.1 cm³/mol. The third-order valence-electron chi connectivity index (χ3n) is 3.89. The van der Waals surface area contributed by atoms with Gasteiger partial charge in [-0.2, -0.15) is 0 Å². The molecule has 26 heavy (non-hydrogen) atoms. The number of furan rings is 1. The van der Waals surface area contributed by atoms with E-state index < -0.39 is 11.6 Å². The molecule has 2 rings (SSSR count). The van der Waals surface area contributed by atoms with E-state index in [1.807, 2.05) is 19.1 Å². The Kier molecular flexibility index (Phi) is 8.08. The van der Waals surface area contributed by atoms with E-state index in [0.717, 1.165) is 23.8 Å². The summed E-state index contributed by atoms with van der Waals surface area (Å²) in [5.41, 5.74) is 0.734. The van der Waals surface area contributed by atoms with Gasteiger partial charge in [-0.3, -0.25) is 4.99 Å². The molecule has 1 atom stereocenters. The lowest BCUT2D eigenvalue weighted by Gasteiger charge is -2.16. The molecule has 142 valence electrons. The van der Waals surface area contributed by atoms with Crippen LogP contribution in [-0.4, -0.2) is 32.7 Å². The molecule has 0 aliphatic carbocycles. The van der Waals surface area contributed by atoms with Crippen molar-refractivity contribution >= 4 is 5.96 Å². The van der Waals surface area contributed by atoms with Gasteiger partial charge in [0.15, 0.2) is 17.6 Å². The maximum Gasteiger partial charge on any atom is 0.190 e. The number of ether oxygens (including phenoxy) is 1. The van der Waals surface area contributed by atoms with Crippen LogP contribution < -0.4 is 10.6 Å². The van der Waals surface area contributed by atoms with E-state index in [4.69, 9.17) is 9.15 Å². The number of nitrogens with zero attached hydrogens (tertiary/aromatic N) is 1. The summed E-state index contributed by atoms with van der Waals surface area (Å²) in [7, 11) is 1.69. The molecule has 0 bridgehead atoms. The molecule has 0 saturated heterocycles. The number of hydrogen-bond donors (Lipinski definition) is 2. The maximum atomic E-state index is 13.3. The van der Waals surface area contributed by atoms with Gasteiger partial charge in [-0.1, -0.05) is 13.0 Å². The number of hydrogen-bond acceptors (Lipinski definition) is 3. The van der Waals surface area contributed by atoms with E-state index in [0.29, 0.717) is 32.3 Å². The van der Waals surface area contributed by atoms with Crippen LogP contribution in [0.4, 0.5) is 8.78 Å². The van der Waals surface area contributed by atoms with Crippen molar-refractivity contribution in [2.24, 2.45) is 4.99 Å². The van der Waals surface area contributed by atoms with Gasteiger partial charge < -0.3 is 19.8 Å². The highest BCUT2D eigenvalue weighted by molar-refractivity contribution is 5.79. The van der Waals surface area contributed by atoms with E-state index in [1.54, 1.807) is 19.4 Å². The van der Waals surface area contributed by atoms with E-state index in [1.165, 1.54) is 6.07 Å². The van der Waals surface area contributed by atoms with Gasteiger partial charge in [-0.25, -0.2) is 8.78 Å². The molecule has 0 fully saturated rings. The van der Waals surface area contributed by atoms with Crippen molar-refractivity contribution in [3.8, 4) is 0 Å². The van der Waals surface area contributed by atoms with E-state index in [2.05, 4.69) is 15.6 Å². The van der Waals surface area contributed by atoms with E-state index >= 15 is 0 Å². The van der Waals surface area contributed by atoms with Gasteiger partial charge >= 0.3 is 0 Å². The molecule has 0 radical (unpaired) electrons. The maximum absolute atomic E-state index is 13.3. The predicted octanol–water partition coefficient (Wildman–Crippen LogP) is 3.43. The number of guanidine groups is 1. The second-order valence-corrected chi connectivity index (χ2v) is 5.94. The van der Waals surface area contributed by atoms with Gasteiger partial charge in [0, 0.05) is 26.7 Å². The van der Waals surface area contributed by atoms with E-state index in [9.17, 15) is 8.78 Å². The molecule has 0 saturated carbocycles. The van der Waals surface area contributed by atoms with Gasteiger partial charge in [0.2, 0.25) is 0 Å². The van der Waals surface area contributed by atoms with Gasteiger partial charge in [0.05, 0.1) is 6.26 Å². The second-order valence-electron chi connectivity index (χ2n) is 5.94. The minimum atomic E-state index is -0.833. The Morgan fingerprint density at radius 2 is 2.08 bits per heavy atom. The molecular formula is C19H25F2N3O2. The summed E-state index contributed by atoms with van der Waals surface area (Å²) < 4.78 is 37.0. The zero-order chi connectivity index (χ0) is 18.8. The fourth-order valence-electron chi connectivity index (χ4n) is 2.36. The average molecular weight is 365 g/mol. The van der Waals surface area contributed by atoms with Crippen LogP contribution in [-0.2, 0) is 11.3 Å². The lowest BCUT2D eigenvalue weighted by Crippen LogP contribution is -2.39. The van der Waals surface area contributed by atoms with Crippen molar-refractivity contribution in [2.75, 3.05) is 26.7 Å². The van der Waals surface area contributed by atoms with Crippen LogP contribution in [0.25, 0.3) is 0 Å². The number of halogens is 2. The lowest BCUT2D eigenvalue weighted by atomic mass is 10.0. The summed E-state index contributed by atoms with van der Waals surface area (Å²) in [5.74, 6) is -0.181. The number of rotatable bonds is 9. The molecule has 7 heteroatoms. The number of aliphatic imine (C=N–C) groups is 1. The fourth-order valence-corrected chi connectivity index (χ4v) is 2.36. The van der Waals surface area contributed by atoms with Crippen LogP contribution in [0.1, 0.15) is 30.6 Å². The summed E-state index contributed by atoms with van der Waals surface area (Å²) in [5, 5.41) is 6.37. The molecule has 1 heterocycles. The van der Waals surface area contributed by atoms with Crippen LogP contribution in [0.5, 0.6) is 0 Å². The first-order valence-corrected chi connectivity index (χ1v) is 8.59. The molecule has 1 aromatic carbocycles. The standard InChI is InChI=1S/C19H25F2N3O2/c1-14(15-6-7-17(20)18(21)11-15)12-24-19(22-2)23-8-4-9-25-13-16-5-3-10-26-16/h3,5-7,10-11,14H,4,8-9,12-13H2,1-2H3,(H2,22,23,24). The van der Waals surface area contributed by atoms with Crippen molar-refractivity contribution < 1.29 is 17.9 Å². The second kappa shape index (κ2) is 10.6. The Morgan fingerprint density at radius 3 is 2.77 bits per heavy atom. The van der Waals surface area contributed by atoms with Crippen LogP contribution in [0.3, 0.4) is 0 Å². The SMILES string of the molecule is CN=C(NCCCOCc1ccco1)NCC(C)c1ccc(F)c(F)c1. The Balaban J connectivity index is 1.63. The number of nitrogens with one attached hydrogen (secondary N) is 2. The summed E-state index contributed by atoms with van der Waals surface area (Å²) in [4.78, 5) is 4.15. The van der Waals surface area contributed by atoms with Crippen molar-refractivity contribution in [3.05, 3.63) is 59.6 Å². The highest BCUT2D eigenvalue weighted by Crippen LogP contribution is 2.17. The van der Waals surface area contributed by atoms with Gasteiger partial charge in [-0.05, 0) is 42.2 Å². The monoisotopic (exact) mass is 365 g/mol. The summed E-state index contributed by atoms with van der Waals surface area (Å²) in [6.45, 7) is 4.27. The molecule has 2 aromatic rings. The topological polar surface area (TPSA) is 58.8 Å². The van der Waals surface area contributed by atoms with Crippen molar-refractivity contribution in [1.29, 1.82) is 0 Å². The highest BCUT2D eigenvalue weighted by Gasteiger charge is 2.10. The van der Waals surface area contributed by atoms with Gasteiger partial charge in [0.25, 0.3) is 0 Å². The smallest absolute Gasteiger partial charge is 0.190 e. The zero-order valence-electron chi connectivity index (χ0n) is 15.1. The molecule has 1 unspecified atom stereocenters. The van der Waals surface area contributed by atoms with Gasteiger partial charge in [0.1, 0.15) is 12.4 Å². The molecule has 0 spiro atoms. The quantitative estimate of drug-likeness (QED) is 0.406. The van der Waals surface area contributed by atoms with Crippen molar-refractivity contribution in [2.45, 2.75) is 25.9 Å². The molecule has 0 aliphatic heterocycles. The first-order chi connectivity index (χ1) is 12.6. The summed E-state index contributed by atoms with van der Waals surface area (Å²) >= 11 is 0. The fraction of sp³-hybridized carbons (Fsp3) is 0.421. The van der Waals surface area contributed by atoms with Crippen LogP contribution in [0, 0.1) is 11.6 Å². The summed E-state index contributed by atoms with van der Waals surface area (Å²) in [6, 6.07) is 7.68. The molecule has 2 N–H and O–H groups in total. The molecule has 0 aliphatic rings. The number of benzene rings is 1. The Hall–Kier alpha value is -2.41. The third-order valence-corrected chi connectivity index (χ3v) is 3.89. The molecule has 0 amide bonds. The molecular weight excluding hydrogens is 340 g/mol. The largest absolute Gasteiger partial charge is 0.467 e. The minimum absolute atomic E-state index is 0.0141. The highest BCUT2D eigenvalue weighted by atomic mass is 19.2. The third kappa shape index (κ3) is 6.48. The van der Waals surface area contributed by atoms with Crippen LogP contribution in [0.15, 0.2) is 46.0 Å². The normalized spacial score (nSPS) is 12.8. The first-order valence-electron chi connectivity index (χ1n) is 8.59. The lowest BCUT2D eigenvalue weighted by molar-refractivity contribution is 0.105. The minimum Gasteiger partial charge on any atom is -0.467 e. The van der Waals surface area contributed by atoms with Crippen LogP contribution >= 0.6 is 0 Å². The van der Waals surface area contributed by atoms with Crippen molar-refractivity contribution in [1.82, 2.24) is 10.6 Å². The van der Waals surface area contributed by atoms with Gasteiger partial charge in [-0.15, -0.1) is 0 Å². The van der Waals surface area contributed by atoms with Crippen molar-refractivity contribution in [3.63, 3.8) is 0 Å². The average Bonchev–Trinajstić information content (AvgIpc) is 3.16. The Morgan fingerprint density at radius 1 is 1.23 bits per heavy atom. The first kappa shape index (κ1) is 19.9. The molecule has 5 nitrogen and oxygen atoms in total. The Labute approximate surface area is 152 Å². The van der Waals surface area contributed by atoms with E-state index in [-0.39, 0.29) is 5.92 Å². The van der Waals surface area contributed by atoms with Crippen LogP contribution in [0.2, 0.25) is 0 Å².